The smallest absolute Gasteiger partial charge is 0.261 e. The maximum atomic E-state index is 13.3. The molecule has 0 bridgehead atoms. The molecule has 36 heavy (non-hydrogen) atoms. The minimum Gasteiger partial charge on any atom is -0.356 e. The summed E-state index contributed by atoms with van der Waals surface area (Å²) in [5, 5.41) is 4.73. The van der Waals surface area contributed by atoms with Crippen LogP contribution in [0.3, 0.4) is 0 Å². The number of amides is 1. The van der Waals surface area contributed by atoms with Crippen LogP contribution in [0.2, 0.25) is 0 Å². The lowest BCUT2D eigenvalue weighted by Crippen LogP contribution is -2.29. The Morgan fingerprint density at radius 2 is 1.72 bits per heavy atom. The van der Waals surface area contributed by atoms with Crippen molar-refractivity contribution in [1.29, 1.82) is 0 Å². The van der Waals surface area contributed by atoms with E-state index in [0.717, 1.165) is 28.6 Å². The normalized spacial score (nSPS) is 12.5. The van der Waals surface area contributed by atoms with Crippen molar-refractivity contribution >= 4 is 27.7 Å². The molecule has 3 heterocycles. The standard InChI is InChI=1S/C29H25FN4O2/c30-20-11-9-19(10-12-20)13-16-31-26(35)15-18-33-25-8-4-2-5-21(25)22-14-17-34-28(27(22)33)32-24-7-3-1-6-23(24)29(34)36/h1-12H,13-18H2,(H,31,35). The SMILES string of the molecule is O=C(CCn1c2c(c3ccccc31)CCn1c-2nc2ccccc2c1=O)NCCc1ccc(F)cc1. The predicted molar refractivity (Wildman–Crippen MR) is 138 cm³/mol. The second kappa shape index (κ2) is 9.07. The highest BCUT2D eigenvalue weighted by Gasteiger charge is 2.27. The lowest BCUT2D eigenvalue weighted by atomic mass is 10.0. The fourth-order valence-corrected chi connectivity index (χ4v) is 5.20. The maximum absolute atomic E-state index is 13.3. The van der Waals surface area contributed by atoms with Gasteiger partial charge in [0.2, 0.25) is 5.91 Å². The largest absolute Gasteiger partial charge is 0.356 e. The third-order valence-corrected chi connectivity index (χ3v) is 6.95. The van der Waals surface area contributed by atoms with E-state index in [1.54, 1.807) is 16.7 Å². The van der Waals surface area contributed by atoms with Crippen LogP contribution in [-0.2, 0) is 30.7 Å². The predicted octanol–water partition coefficient (Wildman–Crippen LogP) is 4.46. The fourth-order valence-electron chi connectivity index (χ4n) is 5.20. The van der Waals surface area contributed by atoms with E-state index in [9.17, 15) is 14.0 Å². The second-order valence-corrected chi connectivity index (χ2v) is 9.13. The van der Waals surface area contributed by atoms with E-state index in [-0.39, 0.29) is 17.3 Å². The highest BCUT2D eigenvalue weighted by Crippen LogP contribution is 2.36. The first-order valence-electron chi connectivity index (χ1n) is 12.2. The molecule has 0 aliphatic carbocycles. The van der Waals surface area contributed by atoms with Gasteiger partial charge in [-0.3, -0.25) is 14.2 Å². The van der Waals surface area contributed by atoms with E-state index in [1.165, 1.54) is 17.7 Å². The van der Waals surface area contributed by atoms with Crippen LogP contribution < -0.4 is 10.9 Å². The number of aryl methyl sites for hydroxylation is 2. The van der Waals surface area contributed by atoms with Crippen LogP contribution in [0.4, 0.5) is 4.39 Å². The van der Waals surface area contributed by atoms with Gasteiger partial charge in [0, 0.05) is 37.0 Å². The average molecular weight is 481 g/mol. The van der Waals surface area contributed by atoms with Crippen molar-refractivity contribution in [2.24, 2.45) is 0 Å². The minimum absolute atomic E-state index is 0.0309. The van der Waals surface area contributed by atoms with Gasteiger partial charge in [0.25, 0.3) is 5.56 Å². The monoisotopic (exact) mass is 480 g/mol. The maximum Gasteiger partial charge on any atom is 0.261 e. The summed E-state index contributed by atoms with van der Waals surface area (Å²) in [6.45, 7) is 1.54. The second-order valence-electron chi connectivity index (χ2n) is 9.13. The Morgan fingerprint density at radius 3 is 2.56 bits per heavy atom. The van der Waals surface area contributed by atoms with Crippen LogP contribution in [0.1, 0.15) is 17.5 Å². The van der Waals surface area contributed by atoms with Crippen molar-refractivity contribution in [3.8, 4) is 11.5 Å². The van der Waals surface area contributed by atoms with Crippen LogP contribution in [0.15, 0.2) is 77.6 Å². The zero-order valence-electron chi connectivity index (χ0n) is 19.7. The number of hydrogen-bond acceptors (Lipinski definition) is 3. The summed E-state index contributed by atoms with van der Waals surface area (Å²) in [6.07, 6.45) is 1.67. The topological polar surface area (TPSA) is 68.9 Å². The molecule has 0 fully saturated rings. The molecule has 0 atom stereocenters. The third-order valence-electron chi connectivity index (χ3n) is 6.95. The van der Waals surface area contributed by atoms with Crippen molar-refractivity contribution in [1.82, 2.24) is 19.4 Å². The summed E-state index contributed by atoms with van der Waals surface area (Å²) in [7, 11) is 0. The molecule has 6 nitrogen and oxygen atoms in total. The van der Waals surface area contributed by atoms with E-state index in [1.807, 2.05) is 36.4 Å². The van der Waals surface area contributed by atoms with Crippen molar-refractivity contribution in [3.63, 3.8) is 0 Å². The number of rotatable bonds is 6. The van der Waals surface area contributed by atoms with Crippen molar-refractivity contribution in [3.05, 3.63) is 100 Å². The summed E-state index contributed by atoms with van der Waals surface area (Å²) >= 11 is 0. The van der Waals surface area contributed by atoms with E-state index in [4.69, 9.17) is 4.98 Å². The van der Waals surface area contributed by atoms with Gasteiger partial charge in [-0.05, 0) is 54.3 Å². The molecule has 1 aliphatic heterocycles. The molecule has 1 N–H and O–H groups in total. The molecule has 0 saturated carbocycles. The highest BCUT2D eigenvalue weighted by atomic mass is 19.1. The molecule has 0 spiro atoms. The minimum atomic E-state index is -0.267. The zero-order chi connectivity index (χ0) is 24.6. The molecular weight excluding hydrogens is 455 g/mol. The van der Waals surface area contributed by atoms with Crippen LogP contribution in [-0.4, -0.2) is 26.6 Å². The van der Waals surface area contributed by atoms with Crippen molar-refractivity contribution in [2.45, 2.75) is 32.4 Å². The summed E-state index contributed by atoms with van der Waals surface area (Å²) in [6, 6.07) is 21.9. The molecule has 6 rings (SSSR count). The fraction of sp³-hybridized carbons (Fsp3) is 0.207. The lowest BCUT2D eigenvalue weighted by molar-refractivity contribution is -0.121. The van der Waals surface area contributed by atoms with Gasteiger partial charge in [-0.25, -0.2) is 9.37 Å². The highest BCUT2D eigenvalue weighted by molar-refractivity contribution is 5.92. The molecular formula is C29H25FN4O2. The van der Waals surface area contributed by atoms with E-state index < -0.39 is 0 Å². The van der Waals surface area contributed by atoms with E-state index >= 15 is 0 Å². The van der Waals surface area contributed by atoms with Crippen LogP contribution in [0.25, 0.3) is 33.3 Å². The first kappa shape index (κ1) is 22.2. The number of carbonyl (C=O) groups is 1. The summed E-state index contributed by atoms with van der Waals surface area (Å²) in [5.41, 5.74) is 4.75. The number of aromatic nitrogens is 3. The molecule has 180 valence electrons. The van der Waals surface area contributed by atoms with Gasteiger partial charge in [-0.15, -0.1) is 0 Å². The van der Waals surface area contributed by atoms with Gasteiger partial charge in [-0.2, -0.15) is 0 Å². The van der Waals surface area contributed by atoms with Gasteiger partial charge in [0.1, 0.15) is 5.82 Å². The first-order valence-corrected chi connectivity index (χ1v) is 12.2. The van der Waals surface area contributed by atoms with Crippen molar-refractivity contribution < 1.29 is 9.18 Å². The van der Waals surface area contributed by atoms with E-state index in [2.05, 4.69) is 22.0 Å². The Hall–Kier alpha value is -4.26. The number of benzene rings is 3. The summed E-state index contributed by atoms with van der Waals surface area (Å²) in [4.78, 5) is 30.9. The summed E-state index contributed by atoms with van der Waals surface area (Å²) < 4.78 is 17.0. The summed E-state index contributed by atoms with van der Waals surface area (Å²) in [5.74, 6) is 0.340. The van der Waals surface area contributed by atoms with Crippen molar-refractivity contribution in [2.75, 3.05) is 6.54 Å². The number of nitrogens with zero attached hydrogens (tertiary/aromatic N) is 3. The number of halogens is 1. The zero-order valence-corrected chi connectivity index (χ0v) is 19.7. The number of hydrogen-bond donors (Lipinski definition) is 1. The third kappa shape index (κ3) is 3.86. The Balaban J connectivity index is 1.30. The van der Waals surface area contributed by atoms with Gasteiger partial charge < -0.3 is 9.88 Å². The molecule has 5 aromatic rings. The Labute approximate surface area is 207 Å². The van der Waals surface area contributed by atoms with Gasteiger partial charge >= 0.3 is 0 Å². The Kier molecular flexibility index (Phi) is 5.60. The molecule has 0 saturated heterocycles. The van der Waals surface area contributed by atoms with Gasteiger partial charge in [0.15, 0.2) is 5.82 Å². The van der Waals surface area contributed by atoms with Crippen LogP contribution in [0, 0.1) is 5.82 Å². The molecule has 1 amide bonds. The number of fused-ring (bicyclic) bond motifs is 6. The lowest BCUT2D eigenvalue weighted by Gasteiger charge is -2.21. The van der Waals surface area contributed by atoms with Crippen LogP contribution in [0.5, 0.6) is 0 Å². The molecule has 2 aromatic heterocycles. The quantitative estimate of drug-likeness (QED) is 0.390. The number of carbonyl (C=O) groups excluding carboxylic acids is 1. The number of nitrogens with one attached hydrogen (secondary N) is 1. The number of para-hydroxylation sites is 2. The van der Waals surface area contributed by atoms with E-state index in [0.29, 0.717) is 49.2 Å². The Morgan fingerprint density at radius 1 is 0.972 bits per heavy atom. The molecule has 0 radical (unpaired) electrons. The molecule has 7 heteroatoms. The van der Waals surface area contributed by atoms with Gasteiger partial charge in [0.05, 0.1) is 16.6 Å². The molecule has 3 aromatic carbocycles. The first-order chi connectivity index (χ1) is 17.6. The molecule has 1 aliphatic rings. The average Bonchev–Trinajstić information content (AvgIpc) is 3.23. The van der Waals surface area contributed by atoms with Gasteiger partial charge in [-0.1, -0.05) is 42.5 Å². The Bertz CT molecular complexity index is 1670. The molecule has 0 unspecified atom stereocenters. The van der Waals surface area contributed by atoms with Crippen LogP contribution >= 0.6 is 0 Å².